The van der Waals surface area contributed by atoms with Crippen molar-refractivity contribution in [1.29, 1.82) is 0 Å². The van der Waals surface area contributed by atoms with Crippen molar-refractivity contribution in [2.45, 2.75) is 53.4 Å². The number of hydrogen-bond acceptors (Lipinski definition) is 3. The molecule has 102 valence electrons. The van der Waals surface area contributed by atoms with Gasteiger partial charge in [0.2, 0.25) is 0 Å². The Labute approximate surface area is 110 Å². The Bertz CT molecular complexity index is 365. The van der Waals surface area contributed by atoms with Gasteiger partial charge in [-0.15, -0.1) is 0 Å². The summed E-state index contributed by atoms with van der Waals surface area (Å²) in [6.45, 7) is 8.43. The molecule has 1 aliphatic carbocycles. The van der Waals surface area contributed by atoms with E-state index in [-0.39, 0.29) is 5.97 Å². The van der Waals surface area contributed by atoms with Crippen LogP contribution in [-0.2, 0) is 9.53 Å². The first-order valence-electron chi connectivity index (χ1n) is 6.75. The van der Waals surface area contributed by atoms with Gasteiger partial charge >= 0.3 is 5.97 Å². The molecule has 0 radical (unpaired) electrons. The average molecular weight is 251 g/mol. The molecule has 0 aromatic carbocycles. The first-order valence-corrected chi connectivity index (χ1v) is 6.75. The summed E-state index contributed by atoms with van der Waals surface area (Å²) in [5.74, 6) is 0.953. The molecule has 3 heteroatoms. The predicted octanol–water partition coefficient (Wildman–Crippen LogP) is 3.74. The zero-order valence-corrected chi connectivity index (χ0v) is 12.2. The van der Waals surface area contributed by atoms with Gasteiger partial charge in [-0.25, -0.2) is 0 Å². The van der Waals surface area contributed by atoms with Crippen molar-refractivity contribution < 1.29 is 9.53 Å². The van der Waals surface area contributed by atoms with E-state index in [1.165, 1.54) is 25.5 Å². The van der Waals surface area contributed by atoms with Gasteiger partial charge in [0.15, 0.2) is 0 Å². The first kappa shape index (κ1) is 14.9. The van der Waals surface area contributed by atoms with Crippen LogP contribution in [-0.4, -0.2) is 18.8 Å². The summed E-state index contributed by atoms with van der Waals surface area (Å²) >= 11 is 0. The van der Waals surface area contributed by atoms with Crippen molar-refractivity contribution in [1.82, 2.24) is 0 Å². The molecular formula is C15H25NO2. The van der Waals surface area contributed by atoms with E-state index >= 15 is 0 Å². The highest BCUT2D eigenvalue weighted by atomic mass is 16.5. The number of aliphatic imine (C=N–C) groups is 1. The van der Waals surface area contributed by atoms with Gasteiger partial charge in [0.25, 0.3) is 0 Å². The molecule has 1 atom stereocenters. The van der Waals surface area contributed by atoms with Gasteiger partial charge in [-0.05, 0) is 57.4 Å². The predicted molar refractivity (Wildman–Crippen MR) is 74.6 cm³/mol. The van der Waals surface area contributed by atoms with E-state index in [1.54, 1.807) is 0 Å². The number of methoxy groups -OCH3 is 1. The molecule has 0 spiro atoms. The van der Waals surface area contributed by atoms with Crippen LogP contribution in [0.1, 0.15) is 53.4 Å². The van der Waals surface area contributed by atoms with E-state index in [0.29, 0.717) is 12.3 Å². The van der Waals surface area contributed by atoms with Gasteiger partial charge in [0.1, 0.15) is 0 Å². The zero-order chi connectivity index (χ0) is 13.7. The molecule has 0 aliphatic heterocycles. The van der Waals surface area contributed by atoms with Crippen LogP contribution in [0.4, 0.5) is 0 Å². The molecule has 0 unspecified atom stereocenters. The lowest BCUT2D eigenvalue weighted by atomic mass is 10.0. The molecule has 18 heavy (non-hydrogen) atoms. The number of carbonyl (C=O) groups excluding carboxylic acids is 1. The van der Waals surface area contributed by atoms with Crippen LogP contribution in [0.5, 0.6) is 0 Å². The minimum atomic E-state index is -0.143. The second kappa shape index (κ2) is 6.72. The average Bonchev–Trinajstić information content (AvgIpc) is 3.18. The van der Waals surface area contributed by atoms with Crippen LogP contribution >= 0.6 is 0 Å². The van der Waals surface area contributed by atoms with Crippen molar-refractivity contribution in [3.63, 3.8) is 0 Å². The van der Waals surface area contributed by atoms with Gasteiger partial charge in [-0.3, -0.25) is 9.79 Å². The van der Waals surface area contributed by atoms with E-state index < -0.39 is 0 Å². The Morgan fingerprint density at radius 2 is 1.94 bits per heavy atom. The molecule has 1 rings (SSSR count). The Kier molecular flexibility index (Phi) is 5.57. The summed E-state index contributed by atoms with van der Waals surface area (Å²) in [4.78, 5) is 15.8. The SMILES string of the molecule is COC(=O)CC[C@H](C)C(C)=N/C(C)=C(\C)C1CC1. The molecule has 3 nitrogen and oxygen atoms in total. The van der Waals surface area contributed by atoms with Gasteiger partial charge in [0.05, 0.1) is 7.11 Å². The normalized spacial score (nSPS) is 19.3. The fraction of sp³-hybridized carbons (Fsp3) is 0.733. The zero-order valence-electron chi connectivity index (χ0n) is 12.2. The Balaban J connectivity index is 2.53. The summed E-state index contributed by atoms with van der Waals surface area (Å²) < 4.78 is 4.65. The third-order valence-electron chi connectivity index (χ3n) is 3.83. The largest absolute Gasteiger partial charge is 0.469 e. The fourth-order valence-corrected chi connectivity index (χ4v) is 1.92. The number of esters is 1. The highest BCUT2D eigenvalue weighted by molar-refractivity contribution is 5.85. The van der Waals surface area contributed by atoms with Crippen molar-refractivity contribution in [2.75, 3.05) is 7.11 Å². The lowest BCUT2D eigenvalue weighted by Crippen LogP contribution is -2.11. The molecule has 0 saturated heterocycles. The lowest BCUT2D eigenvalue weighted by Gasteiger charge is -2.11. The van der Waals surface area contributed by atoms with Crippen LogP contribution < -0.4 is 0 Å². The molecule has 0 N–H and O–H groups in total. The number of rotatable bonds is 6. The van der Waals surface area contributed by atoms with Crippen LogP contribution in [0.3, 0.4) is 0 Å². The highest BCUT2D eigenvalue weighted by Crippen LogP contribution is 2.37. The third kappa shape index (κ3) is 4.63. The summed E-state index contributed by atoms with van der Waals surface area (Å²) in [6, 6.07) is 0. The molecule has 0 bridgehead atoms. The van der Waals surface area contributed by atoms with Gasteiger partial charge in [-0.2, -0.15) is 0 Å². The van der Waals surface area contributed by atoms with Crippen molar-refractivity contribution in [3.05, 3.63) is 11.3 Å². The molecule has 0 aromatic heterocycles. The van der Waals surface area contributed by atoms with E-state index in [4.69, 9.17) is 0 Å². The van der Waals surface area contributed by atoms with Crippen LogP contribution in [0, 0.1) is 11.8 Å². The number of carbonyl (C=O) groups is 1. The Hall–Kier alpha value is -1.12. The molecular weight excluding hydrogens is 226 g/mol. The summed E-state index contributed by atoms with van der Waals surface area (Å²) in [5, 5.41) is 0. The second-order valence-corrected chi connectivity index (χ2v) is 5.31. The Morgan fingerprint density at radius 3 is 2.44 bits per heavy atom. The fourth-order valence-electron chi connectivity index (χ4n) is 1.92. The molecule has 0 aromatic rings. The van der Waals surface area contributed by atoms with Crippen LogP contribution in [0.15, 0.2) is 16.3 Å². The van der Waals surface area contributed by atoms with E-state index in [1.807, 2.05) is 6.92 Å². The van der Waals surface area contributed by atoms with E-state index in [9.17, 15) is 4.79 Å². The van der Waals surface area contributed by atoms with Gasteiger partial charge < -0.3 is 4.74 Å². The maximum absolute atomic E-state index is 11.1. The Morgan fingerprint density at radius 1 is 1.33 bits per heavy atom. The van der Waals surface area contributed by atoms with Gasteiger partial charge in [-0.1, -0.05) is 6.92 Å². The van der Waals surface area contributed by atoms with Crippen molar-refractivity contribution in [3.8, 4) is 0 Å². The van der Waals surface area contributed by atoms with E-state index in [2.05, 4.69) is 30.5 Å². The maximum atomic E-state index is 11.1. The third-order valence-corrected chi connectivity index (χ3v) is 3.83. The summed E-state index contributed by atoms with van der Waals surface area (Å²) in [6.07, 6.45) is 3.90. The van der Waals surface area contributed by atoms with Crippen molar-refractivity contribution in [2.24, 2.45) is 16.8 Å². The second-order valence-electron chi connectivity index (χ2n) is 5.31. The van der Waals surface area contributed by atoms with Crippen LogP contribution in [0.25, 0.3) is 0 Å². The first-order chi connectivity index (χ1) is 8.45. The number of allylic oxidation sites excluding steroid dienone is 2. The molecule has 1 aliphatic rings. The lowest BCUT2D eigenvalue weighted by molar-refractivity contribution is -0.140. The van der Waals surface area contributed by atoms with E-state index in [0.717, 1.165) is 23.7 Å². The molecule has 1 saturated carbocycles. The standard InChI is InChI=1S/C15H25NO2/c1-10(6-9-15(17)18-5)12(3)16-13(4)11(2)14-7-8-14/h10,14H,6-9H2,1-5H3/b13-11+,16-12?/t10-/m0/s1. The van der Waals surface area contributed by atoms with Gasteiger partial charge in [0, 0.05) is 17.8 Å². The topological polar surface area (TPSA) is 38.7 Å². The number of nitrogens with zero attached hydrogens (tertiary/aromatic N) is 1. The summed E-state index contributed by atoms with van der Waals surface area (Å²) in [5.41, 5.74) is 3.69. The molecule has 1 fully saturated rings. The maximum Gasteiger partial charge on any atom is 0.305 e. The molecule has 0 amide bonds. The van der Waals surface area contributed by atoms with Crippen LogP contribution in [0.2, 0.25) is 0 Å². The monoisotopic (exact) mass is 251 g/mol. The quantitative estimate of drug-likeness (QED) is 0.533. The summed E-state index contributed by atoms with van der Waals surface area (Å²) in [7, 11) is 1.43. The van der Waals surface area contributed by atoms with Crippen molar-refractivity contribution >= 4 is 11.7 Å². The number of hydrogen-bond donors (Lipinski definition) is 0. The smallest absolute Gasteiger partial charge is 0.305 e. The number of ether oxygens (including phenoxy) is 1. The minimum absolute atomic E-state index is 0.143. The highest BCUT2D eigenvalue weighted by Gasteiger charge is 2.24. The minimum Gasteiger partial charge on any atom is -0.469 e. The molecule has 0 heterocycles.